The van der Waals surface area contributed by atoms with Crippen LogP contribution in [0, 0.1) is 0 Å². The van der Waals surface area contributed by atoms with Gasteiger partial charge in [-0.1, -0.05) is 12.1 Å². The lowest BCUT2D eigenvalue weighted by Crippen LogP contribution is -2.47. The van der Waals surface area contributed by atoms with E-state index in [1.807, 2.05) is 18.2 Å². The molecule has 1 aliphatic heterocycles. The molecule has 0 N–H and O–H groups in total. The lowest BCUT2D eigenvalue weighted by atomic mass is 10.1. The van der Waals surface area contributed by atoms with Gasteiger partial charge in [-0.3, -0.25) is 4.79 Å². The molecule has 0 bridgehead atoms. The molecule has 1 saturated heterocycles. The maximum Gasteiger partial charge on any atom is 0.471 e. The highest BCUT2D eigenvalue weighted by molar-refractivity contribution is 5.81. The summed E-state index contributed by atoms with van der Waals surface area (Å²) < 4.78 is 42.8. The molecule has 0 aliphatic carbocycles. The van der Waals surface area contributed by atoms with Crippen molar-refractivity contribution in [1.82, 2.24) is 14.9 Å². The molecule has 3 rings (SSSR count). The number of piperidine rings is 1. The van der Waals surface area contributed by atoms with E-state index in [0.29, 0.717) is 24.2 Å². The maximum atomic E-state index is 12.4. The van der Waals surface area contributed by atoms with Crippen molar-refractivity contribution < 1.29 is 22.7 Å². The Balaban J connectivity index is 1.61. The van der Waals surface area contributed by atoms with Gasteiger partial charge in [0.1, 0.15) is 6.10 Å². The number of hydrogen-bond donors (Lipinski definition) is 0. The average Bonchev–Trinajstić information content (AvgIpc) is 2.54. The maximum absolute atomic E-state index is 12.4. The van der Waals surface area contributed by atoms with Gasteiger partial charge in [-0.2, -0.15) is 13.2 Å². The molecule has 8 heteroatoms. The number of likely N-dealkylation sites (tertiary alicyclic amines) is 1. The number of halogens is 3. The van der Waals surface area contributed by atoms with Gasteiger partial charge in [-0.25, -0.2) is 9.97 Å². The Morgan fingerprint density at radius 2 is 1.83 bits per heavy atom. The lowest BCUT2D eigenvalue weighted by molar-refractivity contribution is -0.187. The monoisotopic (exact) mass is 325 g/mol. The summed E-state index contributed by atoms with van der Waals surface area (Å²) in [6.07, 6.45) is -2.94. The topological polar surface area (TPSA) is 55.3 Å². The highest BCUT2D eigenvalue weighted by Gasteiger charge is 2.43. The Labute approximate surface area is 130 Å². The molecule has 0 unspecified atom stereocenters. The molecule has 0 radical (unpaired) electrons. The van der Waals surface area contributed by atoms with Gasteiger partial charge in [0.15, 0.2) is 0 Å². The molecule has 5 nitrogen and oxygen atoms in total. The number of para-hydroxylation sites is 2. The molecule has 23 heavy (non-hydrogen) atoms. The molecule has 2 heterocycles. The van der Waals surface area contributed by atoms with E-state index < -0.39 is 12.1 Å². The molecule has 0 spiro atoms. The SMILES string of the molecule is O=C(N1CCC(Oc2cnc3ccccc3n2)CC1)C(F)(F)F. The largest absolute Gasteiger partial charge is 0.473 e. The number of rotatable bonds is 2. The van der Waals surface area contributed by atoms with Crippen molar-refractivity contribution in [3.63, 3.8) is 0 Å². The molecule has 1 aromatic carbocycles. The number of hydrogen-bond acceptors (Lipinski definition) is 4. The van der Waals surface area contributed by atoms with Crippen molar-refractivity contribution >= 4 is 16.9 Å². The summed E-state index contributed by atoms with van der Waals surface area (Å²) in [7, 11) is 0. The van der Waals surface area contributed by atoms with Crippen LogP contribution in [-0.2, 0) is 4.79 Å². The minimum atomic E-state index is -4.82. The number of carbonyl (C=O) groups excluding carboxylic acids is 1. The second kappa shape index (κ2) is 6.02. The third-order valence-electron chi connectivity index (χ3n) is 3.69. The number of ether oxygens (including phenoxy) is 1. The van der Waals surface area contributed by atoms with Crippen molar-refractivity contribution in [2.75, 3.05) is 13.1 Å². The smallest absolute Gasteiger partial charge is 0.471 e. The summed E-state index contributed by atoms with van der Waals surface area (Å²) in [6, 6.07) is 7.32. The summed E-state index contributed by atoms with van der Waals surface area (Å²) in [5.41, 5.74) is 1.43. The fourth-order valence-electron chi connectivity index (χ4n) is 2.52. The zero-order valence-corrected chi connectivity index (χ0v) is 12.1. The molecule has 0 saturated carbocycles. The number of fused-ring (bicyclic) bond motifs is 1. The second-order valence-corrected chi connectivity index (χ2v) is 5.30. The molecular weight excluding hydrogens is 311 g/mol. The van der Waals surface area contributed by atoms with Crippen molar-refractivity contribution in [1.29, 1.82) is 0 Å². The number of amides is 1. The summed E-state index contributed by atoms with van der Waals surface area (Å²) in [5, 5.41) is 0. The van der Waals surface area contributed by atoms with Crippen LogP contribution >= 0.6 is 0 Å². The Morgan fingerprint density at radius 1 is 1.17 bits per heavy atom. The van der Waals surface area contributed by atoms with E-state index >= 15 is 0 Å². The van der Waals surface area contributed by atoms with Gasteiger partial charge in [0.2, 0.25) is 5.88 Å². The molecule has 1 fully saturated rings. The zero-order chi connectivity index (χ0) is 16.4. The summed E-state index contributed by atoms with van der Waals surface area (Å²) >= 11 is 0. The minimum absolute atomic E-state index is 0.0179. The molecule has 2 aromatic rings. The van der Waals surface area contributed by atoms with Gasteiger partial charge >= 0.3 is 12.1 Å². The first-order valence-electron chi connectivity index (χ1n) is 7.18. The van der Waals surface area contributed by atoms with E-state index in [1.165, 1.54) is 6.20 Å². The lowest BCUT2D eigenvalue weighted by Gasteiger charge is -2.32. The third-order valence-corrected chi connectivity index (χ3v) is 3.69. The number of carbonyl (C=O) groups is 1. The first-order chi connectivity index (χ1) is 10.9. The number of aromatic nitrogens is 2. The van der Waals surface area contributed by atoms with E-state index in [2.05, 4.69) is 9.97 Å². The molecule has 1 aromatic heterocycles. The van der Waals surface area contributed by atoms with Gasteiger partial charge in [-0.05, 0) is 12.1 Å². The molecule has 1 amide bonds. The van der Waals surface area contributed by atoms with Crippen LogP contribution in [0.15, 0.2) is 30.5 Å². The minimum Gasteiger partial charge on any atom is -0.473 e. The van der Waals surface area contributed by atoms with Gasteiger partial charge in [-0.15, -0.1) is 0 Å². The molecule has 122 valence electrons. The van der Waals surface area contributed by atoms with Gasteiger partial charge in [0.25, 0.3) is 0 Å². The van der Waals surface area contributed by atoms with Crippen LogP contribution in [0.4, 0.5) is 13.2 Å². The van der Waals surface area contributed by atoms with Crippen LogP contribution in [-0.4, -0.2) is 46.1 Å². The van der Waals surface area contributed by atoms with Crippen molar-refractivity contribution in [3.05, 3.63) is 30.5 Å². The third kappa shape index (κ3) is 3.52. The van der Waals surface area contributed by atoms with Crippen LogP contribution in [0.5, 0.6) is 5.88 Å². The number of benzene rings is 1. The predicted molar refractivity (Wildman–Crippen MR) is 75.8 cm³/mol. The van der Waals surface area contributed by atoms with Crippen LogP contribution in [0.2, 0.25) is 0 Å². The van der Waals surface area contributed by atoms with Gasteiger partial charge in [0, 0.05) is 25.9 Å². The number of alkyl halides is 3. The van der Waals surface area contributed by atoms with Gasteiger partial charge < -0.3 is 9.64 Å². The summed E-state index contributed by atoms with van der Waals surface area (Å²) in [5.74, 6) is -1.45. The Kier molecular flexibility index (Phi) is 4.06. The molecule has 0 atom stereocenters. The normalized spacial score (nSPS) is 16.6. The Bertz CT molecular complexity index is 712. The number of nitrogens with zero attached hydrogens (tertiary/aromatic N) is 3. The highest BCUT2D eigenvalue weighted by Crippen LogP contribution is 2.23. The second-order valence-electron chi connectivity index (χ2n) is 5.30. The first-order valence-corrected chi connectivity index (χ1v) is 7.18. The van der Waals surface area contributed by atoms with Crippen LogP contribution in [0.25, 0.3) is 11.0 Å². The standard InChI is InChI=1S/C15H14F3N3O2/c16-15(17,18)14(22)21-7-5-10(6-8-21)23-13-9-19-11-3-1-2-4-12(11)20-13/h1-4,9-10H,5-8H2. The highest BCUT2D eigenvalue weighted by atomic mass is 19.4. The van der Waals surface area contributed by atoms with Crippen molar-refractivity contribution in [2.24, 2.45) is 0 Å². The first kappa shape index (κ1) is 15.5. The van der Waals surface area contributed by atoms with Crippen LogP contribution < -0.4 is 4.74 Å². The zero-order valence-electron chi connectivity index (χ0n) is 12.1. The Hall–Kier alpha value is -2.38. The van der Waals surface area contributed by atoms with Crippen molar-refractivity contribution in [3.8, 4) is 5.88 Å². The Morgan fingerprint density at radius 3 is 2.48 bits per heavy atom. The van der Waals surface area contributed by atoms with Crippen LogP contribution in [0.1, 0.15) is 12.8 Å². The fourth-order valence-corrected chi connectivity index (χ4v) is 2.52. The molecule has 1 aliphatic rings. The van der Waals surface area contributed by atoms with E-state index in [-0.39, 0.29) is 19.2 Å². The van der Waals surface area contributed by atoms with E-state index in [9.17, 15) is 18.0 Å². The summed E-state index contributed by atoms with van der Waals surface area (Å²) in [6.45, 7) is 0.0358. The quantitative estimate of drug-likeness (QED) is 0.851. The van der Waals surface area contributed by atoms with Crippen LogP contribution in [0.3, 0.4) is 0 Å². The fraction of sp³-hybridized carbons (Fsp3) is 0.400. The van der Waals surface area contributed by atoms with Gasteiger partial charge in [0.05, 0.1) is 17.2 Å². The predicted octanol–water partition coefficient (Wildman–Crippen LogP) is 2.56. The molecular formula is C15H14F3N3O2. The van der Waals surface area contributed by atoms with E-state index in [1.54, 1.807) is 6.07 Å². The average molecular weight is 325 g/mol. The summed E-state index contributed by atoms with van der Waals surface area (Å²) in [4.78, 5) is 20.5. The van der Waals surface area contributed by atoms with E-state index in [0.717, 1.165) is 10.4 Å². The van der Waals surface area contributed by atoms with Crippen molar-refractivity contribution in [2.45, 2.75) is 25.1 Å². The van der Waals surface area contributed by atoms with E-state index in [4.69, 9.17) is 4.74 Å².